The number of thiophene rings is 2. The lowest BCUT2D eigenvalue weighted by Gasteiger charge is -2.22. The largest absolute Gasteiger partial charge is 0.496 e. The number of aryl methyl sites for hydroxylation is 2. The van der Waals surface area contributed by atoms with Crippen LogP contribution in [0.25, 0.3) is 9.75 Å². The van der Waals surface area contributed by atoms with Crippen LogP contribution in [0.4, 0.5) is 0 Å². The summed E-state index contributed by atoms with van der Waals surface area (Å²) in [5, 5.41) is 0. The van der Waals surface area contributed by atoms with Gasteiger partial charge in [-0.05, 0) is 76.9 Å². The Kier molecular flexibility index (Phi) is 15.7. The second-order valence-electron chi connectivity index (χ2n) is 9.24. The van der Waals surface area contributed by atoms with Gasteiger partial charge in [0.2, 0.25) is 0 Å². The smallest absolute Gasteiger partial charge is 0.335 e. The molecule has 0 aliphatic carbocycles. The lowest BCUT2D eigenvalue weighted by molar-refractivity contribution is 0.111. The Balaban J connectivity index is 0.000000354. The van der Waals surface area contributed by atoms with Crippen LogP contribution in [0, 0.1) is 13.8 Å². The molecule has 0 fully saturated rings. The van der Waals surface area contributed by atoms with Crippen molar-refractivity contribution in [2.24, 2.45) is 0 Å². The van der Waals surface area contributed by atoms with E-state index in [2.05, 4.69) is 0 Å². The van der Waals surface area contributed by atoms with E-state index in [-0.39, 0.29) is 38.8 Å². The summed E-state index contributed by atoms with van der Waals surface area (Å²) in [7, 11) is -3.65. The van der Waals surface area contributed by atoms with Gasteiger partial charge in [-0.25, -0.2) is 0 Å². The quantitative estimate of drug-likeness (QED) is 0.100. The van der Waals surface area contributed by atoms with Crippen LogP contribution in [0.1, 0.15) is 69.3 Å². The Labute approximate surface area is 268 Å². The molecule has 244 valence electrons. The van der Waals surface area contributed by atoms with Gasteiger partial charge >= 0.3 is 15.2 Å². The van der Waals surface area contributed by atoms with Crippen LogP contribution in [0.2, 0.25) is 0 Å². The summed E-state index contributed by atoms with van der Waals surface area (Å²) < 4.78 is 58.2. The molecule has 0 amide bonds. The van der Waals surface area contributed by atoms with Gasteiger partial charge in [0, 0.05) is 20.9 Å². The predicted molar refractivity (Wildman–Crippen MR) is 177 cm³/mol. The van der Waals surface area contributed by atoms with Gasteiger partial charge in [0.15, 0.2) is 12.6 Å². The maximum atomic E-state index is 12.9. The molecule has 0 bridgehead atoms. The lowest BCUT2D eigenvalue weighted by atomic mass is 10.1. The molecule has 0 radical (unpaired) electrons. The summed E-state index contributed by atoms with van der Waals surface area (Å²) in [6.45, 7) is 11.9. The van der Waals surface area contributed by atoms with Crippen LogP contribution in [-0.4, -0.2) is 53.2 Å². The van der Waals surface area contributed by atoms with Gasteiger partial charge < -0.3 is 27.6 Å². The number of hydrogen-bond acceptors (Lipinski definition) is 12. The Bertz CT molecular complexity index is 1350. The summed E-state index contributed by atoms with van der Waals surface area (Å²) in [4.78, 5) is 25.1. The molecule has 44 heavy (non-hydrogen) atoms. The first-order valence-corrected chi connectivity index (χ1v) is 19.2. The SMILES string of the molecule is CCOP(=O)(Cc1cc(OC)c(CP(=O)(OCC)OCC)cc1OC)OCC.Cc1cc(-c2cc(C)c(C=O)s2)sc1C=O. The average molecular weight is 689 g/mol. The van der Waals surface area contributed by atoms with Crippen LogP contribution in [0.5, 0.6) is 11.5 Å². The zero-order valence-corrected chi connectivity index (χ0v) is 29.9. The van der Waals surface area contributed by atoms with Crippen LogP contribution in [0.15, 0.2) is 24.3 Å². The topological polar surface area (TPSA) is 124 Å². The molecule has 0 aliphatic heterocycles. The van der Waals surface area contributed by atoms with Crippen molar-refractivity contribution in [1.82, 2.24) is 0 Å². The van der Waals surface area contributed by atoms with E-state index in [0.29, 0.717) is 22.6 Å². The van der Waals surface area contributed by atoms with Crippen molar-refractivity contribution in [3.05, 3.63) is 56.3 Å². The van der Waals surface area contributed by atoms with Crippen LogP contribution < -0.4 is 9.47 Å². The molecule has 10 nitrogen and oxygen atoms in total. The van der Waals surface area contributed by atoms with Crippen molar-refractivity contribution in [2.75, 3.05) is 40.6 Å². The summed E-state index contributed by atoms with van der Waals surface area (Å²) in [6.07, 6.45) is 1.82. The first-order valence-electron chi connectivity index (χ1n) is 14.1. The third kappa shape index (κ3) is 10.5. The maximum absolute atomic E-state index is 12.9. The molecular weight excluding hydrogens is 646 g/mol. The molecule has 0 saturated heterocycles. The summed E-state index contributed by atoms with van der Waals surface area (Å²) in [5.74, 6) is 0.935. The number of rotatable bonds is 17. The van der Waals surface area contributed by atoms with E-state index in [4.69, 9.17) is 27.6 Å². The fraction of sp³-hybridized carbons (Fsp3) is 0.467. The van der Waals surface area contributed by atoms with Crippen molar-refractivity contribution in [1.29, 1.82) is 0 Å². The summed E-state index contributed by atoms with van der Waals surface area (Å²) in [6, 6.07) is 7.38. The number of benzene rings is 1. The first kappa shape index (κ1) is 38.0. The number of methoxy groups -OCH3 is 2. The molecule has 0 unspecified atom stereocenters. The van der Waals surface area contributed by atoms with E-state index < -0.39 is 15.2 Å². The van der Waals surface area contributed by atoms with E-state index in [9.17, 15) is 18.7 Å². The van der Waals surface area contributed by atoms with Crippen molar-refractivity contribution in [3.63, 3.8) is 0 Å². The lowest BCUT2D eigenvalue weighted by Crippen LogP contribution is -2.04. The van der Waals surface area contributed by atoms with E-state index in [1.54, 1.807) is 39.8 Å². The molecule has 0 N–H and O–H groups in total. The Morgan fingerprint density at radius 2 is 0.932 bits per heavy atom. The van der Waals surface area contributed by atoms with Gasteiger partial charge in [-0.3, -0.25) is 18.7 Å². The van der Waals surface area contributed by atoms with Crippen molar-refractivity contribution < 1.29 is 46.3 Å². The average Bonchev–Trinajstić information content (AvgIpc) is 3.55. The minimum atomic E-state index is -3.33. The minimum Gasteiger partial charge on any atom is -0.496 e. The number of hydrogen-bond donors (Lipinski definition) is 0. The van der Waals surface area contributed by atoms with Gasteiger partial charge in [-0.15, -0.1) is 22.7 Å². The molecule has 3 aromatic rings. The second-order valence-corrected chi connectivity index (χ2v) is 15.5. The highest BCUT2D eigenvalue weighted by Gasteiger charge is 2.30. The maximum Gasteiger partial charge on any atom is 0.335 e. The second kappa shape index (κ2) is 18.1. The van der Waals surface area contributed by atoms with Crippen LogP contribution in [-0.2, 0) is 39.5 Å². The third-order valence-electron chi connectivity index (χ3n) is 6.08. The zero-order valence-electron chi connectivity index (χ0n) is 26.5. The highest BCUT2D eigenvalue weighted by atomic mass is 32.1. The molecule has 3 rings (SSSR count). The molecule has 0 saturated carbocycles. The van der Waals surface area contributed by atoms with Crippen LogP contribution >= 0.6 is 37.9 Å². The monoisotopic (exact) mass is 688 g/mol. The summed E-state index contributed by atoms with van der Waals surface area (Å²) >= 11 is 2.94. The van der Waals surface area contributed by atoms with Crippen molar-refractivity contribution >= 4 is 50.4 Å². The van der Waals surface area contributed by atoms with Gasteiger partial charge in [-0.2, -0.15) is 0 Å². The van der Waals surface area contributed by atoms with Gasteiger partial charge in [0.1, 0.15) is 11.5 Å². The number of carbonyl (C=O) groups excluding carboxylic acids is 2. The van der Waals surface area contributed by atoms with E-state index in [1.165, 1.54) is 36.9 Å². The normalized spacial score (nSPS) is 11.5. The van der Waals surface area contributed by atoms with Gasteiger partial charge in [0.25, 0.3) is 0 Å². The Hall–Kier alpha value is -2.14. The molecule has 2 aromatic heterocycles. The molecule has 1 aromatic carbocycles. The first-order chi connectivity index (χ1) is 20.9. The minimum absolute atomic E-state index is 0.0308. The highest BCUT2D eigenvalue weighted by molar-refractivity contribution is 7.53. The van der Waals surface area contributed by atoms with Gasteiger partial charge in [0.05, 0.1) is 62.7 Å². The Morgan fingerprint density at radius 3 is 1.16 bits per heavy atom. The fourth-order valence-corrected chi connectivity index (χ4v) is 9.67. The van der Waals surface area contributed by atoms with Crippen LogP contribution in [0.3, 0.4) is 0 Å². The number of ether oxygens (including phenoxy) is 2. The Morgan fingerprint density at radius 1 is 0.614 bits per heavy atom. The number of aldehydes is 2. The molecule has 14 heteroatoms. The fourth-order valence-electron chi connectivity index (χ4n) is 4.20. The predicted octanol–water partition coefficient (Wildman–Crippen LogP) is 8.95. The number of carbonyl (C=O) groups is 2. The van der Waals surface area contributed by atoms with E-state index >= 15 is 0 Å². The van der Waals surface area contributed by atoms with E-state index in [1.807, 2.05) is 26.0 Å². The molecule has 0 aliphatic rings. The molecule has 2 heterocycles. The van der Waals surface area contributed by atoms with Crippen molar-refractivity contribution in [2.45, 2.75) is 53.9 Å². The van der Waals surface area contributed by atoms with Crippen molar-refractivity contribution in [3.8, 4) is 21.3 Å². The zero-order chi connectivity index (χ0) is 32.9. The summed E-state index contributed by atoms with van der Waals surface area (Å²) in [5.41, 5.74) is 3.20. The molecule has 0 atom stereocenters. The van der Waals surface area contributed by atoms with Gasteiger partial charge in [-0.1, -0.05) is 0 Å². The third-order valence-corrected chi connectivity index (χ3v) is 12.7. The highest BCUT2D eigenvalue weighted by Crippen LogP contribution is 2.55. The molecular formula is C30H42O10P2S2. The standard InChI is InChI=1S/C18H32O8P2.C12H10O2S2/c1-7-23-27(19,24-8-2)13-15-11-18(22-6)16(12-17(15)21-5)14-28(20,25-9-3)26-10-4;1-7-3-9(15-11(7)5-13)10-4-8(2)12(6-14)16-10/h11-12H,7-10,13-14H2,1-6H3;3-6H,1-2H3. The van der Waals surface area contributed by atoms with E-state index in [0.717, 1.165) is 43.2 Å². The molecule has 0 spiro atoms.